The quantitative estimate of drug-likeness (QED) is 0.658. The third-order valence-electron chi connectivity index (χ3n) is 3.19. The van der Waals surface area contributed by atoms with Crippen molar-refractivity contribution in [1.82, 2.24) is 4.57 Å². The van der Waals surface area contributed by atoms with Gasteiger partial charge in [-0.2, -0.15) is 13.2 Å². The van der Waals surface area contributed by atoms with E-state index in [0.717, 1.165) is 12.1 Å². The molecule has 0 bridgehead atoms. The van der Waals surface area contributed by atoms with E-state index in [1.807, 2.05) is 0 Å². The van der Waals surface area contributed by atoms with Crippen molar-refractivity contribution in [2.45, 2.75) is 13.1 Å². The van der Waals surface area contributed by atoms with Crippen molar-refractivity contribution in [3.8, 4) is 11.3 Å². The number of aromatic nitrogens is 1. The first-order chi connectivity index (χ1) is 9.86. The normalized spacial score (nSPS) is 12.0. The van der Waals surface area contributed by atoms with Crippen LogP contribution < -0.4 is 0 Å². The van der Waals surface area contributed by atoms with Crippen LogP contribution in [-0.4, -0.2) is 10.5 Å². The standard InChI is InChI=1S/C15H10F3NO2/c1-9(20)19-6-5-13-12(19)8-14(21-13)10-3-2-4-11(7-10)15(16,17)18/h2-8H,1H3. The van der Waals surface area contributed by atoms with Crippen molar-refractivity contribution < 1.29 is 22.4 Å². The molecule has 3 rings (SSSR count). The molecular formula is C15H10F3NO2. The molecular weight excluding hydrogens is 283 g/mol. The Morgan fingerprint density at radius 2 is 1.95 bits per heavy atom. The number of fused-ring (bicyclic) bond motifs is 1. The smallest absolute Gasteiger partial charge is 0.416 e. The number of halogens is 3. The summed E-state index contributed by atoms with van der Waals surface area (Å²) in [5.74, 6) is 0.100. The Morgan fingerprint density at radius 1 is 1.19 bits per heavy atom. The Bertz CT molecular complexity index is 827. The molecule has 6 heteroatoms. The van der Waals surface area contributed by atoms with Gasteiger partial charge in [-0.3, -0.25) is 9.36 Å². The summed E-state index contributed by atoms with van der Waals surface area (Å²) < 4.78 is 45.1. The van der Waals surface area contributed by atoms with Gasteiger partial charge in [0.15, 0.2) is 5.58 Å². The van der Waals surface area contributed by atoms with E-state index in [2.05, 4.69) is 0 Å². The average Bonchev–Trinajstić information content (AvgIpc) is 2.96. The van der Waals surface area contributed by atoms with Crippen LogP contribution in [0.4, 0.5) is 13.2 Å². The minimum absolute atomic E-state index is 0.193. The van der Waals surface area contributed by atoms with Gasteiger partial charge in [-0.15, -0.1) is 0 Å². The zero-order chi connectivity index (χ0) is 15.2. The molecule has 0 aliphatic rings. The van der Waals surface area contributed by atoms with Gasteiger partial charge < -0.3 is 4.42 Å². The zero-order valence-corrected chi connectivity index (χ0v) is 10.9. The molecule has 0 fully saturated rings. The van der Waals surface area contributed by atoms with Crippen molar-refractivity contribution in [3.63, 3.8) is 0 Å². The maximum atomic E-state index is 12.7. The van der Waals surface area contributed by atoms with Crippen molar-refractivity contribution in [2.75, 3.05) is 0 Å². The largest absolute Gasteiger partial charge is 0.454 e. The van der Waals surface area contributed by atoms with Crippen molar-refractivity contribution in [1.29, 1.82) is 0 Å². The molecule has 0 N–H and O–H groups in total. The van der Waals surface area contributed by atoms with Crippen molar-refractivity contribution in [2.24, 2.45) is 0 Å². The minimum atomic E-state index is -4.41. The van der Waals surface area contributed by atoms with Crippen molar-refractivity contribution in [3.05, 3.63) is 48.2 Å². The summed E-state index contributed by atoms with van der Waals surface area (Å²) in [6, 6.07) is 8.05. The van der Waals surface area contributed by atoms with E-state index < -0.39 is 11.7 Å². The fourth-order valence-electron chi connectivity index (χ4n) is 2.19. The number of carbonyl (C=O) groups is 1. The number of alkyl halides is 3. The fraction of sp³-hybridized carbons (Fsp3) is 0.133. The second-order valence-electron chi connectivity index (χ2n) is 4.64. The van der Waals surface area contributed by atoms with Gasteiger partial charge in [0.05, 0.1) is 11.1 Å². The van der Waals surface area contributed by atoms with Gasteiger partial charge in [0.2, 0.25) is 5.91 Å². The van der Waals surface area contributed by atoms with Crippen LogP contribution in [0, 0.1) is 0 Å². The minimum Gasteiger partial charge on any atom is -0.454 e. The first-order valence-corrected chi connectivity index (χ1v) is 6.16. The second kappa shape index (κ2) is 4.51. The Kier molecular flexibility index (Phi) is 2.90. The van der Waals surface area contributed by atoms with E-state index in [1.54, 1.807) is 18.3 Å². The van der Waals surface area contributed by atoms with Crippen LogP contribution in [0.5, 0.6) is 0 Å². The lowest BCUT2D eigenvalue weighted by atomic mass is 10.1. The molecule has 0 aliphatic carbocycles. The van der Waals surface area contributed by atoms with E-state index in [9.17, 15) is 18.0 Å². The predicted octanol–water partition coefficient (Wildman–Crippen LogP) is 4.58. The van der Waals surface area contributed by atoms with E-state index in [1.165, 1.54) is 23.6 Å². The molecule has 3 nitrogen and oxygen atoms in total. The van der Waals surface area contributed by atoms with E-state index in [-0.39, 0.29) is 5.91 Å². The summed E-state index contributed by atoms with van der Waals surface area (Å²) >= 11 is 0. The van der Waals surface area contributed by atoms with Gasteiger partial charge in [0.25, 0.3) is 0 Å². The molecule has 21 heavy (non-hydrogen) atoms. The molecule has 0 atom stereocenters. The van der Waals surface area contributed by atoms with Gasteiger partial charge in [-0.25, -0.2) is 0 Å². The van der Waals surface area contributed by atoms with Crippen LogP contribution in [0.1, 0.15) is 17.3 Å². The second-order valence-corrected chi connectivity index (χ2v) is 4.64. The fourth-order valence-corrected chi connectivity index (χ4v) is 2.19. The highest BCUT2D eigenvalue weighted by Crippen LogP contribution is 2.34. The number of hydrogen-bond acceptors (Lipinski definition) is 2. The first-order valence-electron chi connectivity index (χ1n) is 6.16. The maximum absolute atomic E-state index is 12.7. The number of benzene rings is 1. The molecule has 1 aromatic carbocycles. The van der Waals surface area contributed by atoms with Crippen LogP contribution in [0.25, 0.3) is 22.4 Å². The maximum Gasteiger partial charge on any atom is 0.416 e. The lowest BCUT2D eigenvalue weighted by Crippen LogP contribution is -2.04. The lowest BCUT2D eigenvalue weighted by molar-refractivity contribution is -0.137. The summed E-state index contributed by atoms with van der Waals surface area (Å²) in [5, 5.41) is 0. The SMILES string of the molecule is CC(=O)n1ccc2oc(-c3cccc(C(F)(F)F)c3)cc21. The number of nitrogens with zero attached hydrogens (tertiary/aromatic N) is 1. The molecule has 0 spiro atoms. The zero-order valence-electron chi connectivity index (χ0n) is 10.9. The lowest BCUT2D eigenvalue weighted by Gasteiger charge is -2.07. The van der Waals surface area contributed by atoms with Gasteiger partial charge >= 0.3 is 6.18 Å². The Balaban J connectivity index is 2.11. The number of rotatable bonds is 1. The number of carbonyl (C=O) groups excluding carboxylic acids is 1. The summed E-state index contributed by atoms with van der Waals surface area (Å²) in [7, 11) is 0. The summed E-state index contributed by atoms with van der Waals surface area (Å²) in [6.45, 7) is 1.40. The number of hydrogen-bond donors (Lipinski definition) is 0. The van der Waals surface area contributed by atoms with Crippen LogP contribution in [0.3, 0.4) is 0 Å². The first kappa shape index (κ1) is 13.5. The molecule has 0 saturated heterocycles. The van der Waals surface area contributed by atoms with Gasteiger partial charge in [0.1, 0.15) is 5.76 Å². The van der Waals surface area contributed by atoms with Gasteiger partial charge in [-0.1, -0.05) is 12.1 Å². The third kappa shape index (κ3) is 2.33. The van der Waals surface area contributed by atoms with Gasteiger partial charge in [-0.05, 0) is 18.2 Å². The predicted molar refractivity (Wildman–Crippen MR) is 70.9 cm³/mol. The van der Waals surface area contributed by atoms with Gasteiger partial charge in [0, 0.05) is 24.8 Å². The molecule has 3 aromatic rings. The van der Waals surface area contributed by atoms with Crippen LogP contribution >= 0.6 is 0 Å². The Hall–Kier alpha value is -2.50. The highest BCUT2D eigenvalue weighted by molar-refractivity contribution is 5.91. The molecule has 2 heterocycles. The van der Waals surface area contributed by atoms with E-state index in [0.29, 0.717) is 22.4 Å². The van der Waals surface area contributed by atoms with Crippen LogP contribution in [-0.2, 0) is 6.18 Å². The third-order valence-corrected chi connectivity index (χ3v) is 3.19. The summed E-state index contributed by atoms with van der Waals surface area (Å²) in [4.78, 5) is 11.4. The topological polar surface area (TPSA) is 35.1 Å². The highest BCUT2D eigenvalue weighted by Gasteiger charge is 2.30. The highest BCUT2D eigenvalue weighted by atomic mass is 19.4. The Labute approximate surface area is 117 Å². The Morgan fingerprint density at radius 3 is 2.62 bits per heavy atom. The molecule has 0 aliphatic heterocycles. The molecule has 0 amide bonds. The van der Waals surface area contributed by atoms with E-state index >= 15 is 0 Å². The van der Waals surface area contributed by atoms with Crippen molar-refractivity contribution >= 4 is 17.0 Å². The summed E-state index contributed by atoms with van der Waals surface area (Å²) in [6.07, 6.45) is -2.84. The monoisotopic (exact) mass is 293 g/mol. The van der Waals surface area contributed by atoms with Crippen LogP contribution in [0.2, 0.25) is 0 Å². The van der Waals surface area contributed by atoms with E-state index in [4.69, 9.17) is 4.42 Å². The average molecular weight is 293 g/mol. The molecule has 108 valence electrons. The molecule has 0 radical (unpaired) electrons. The molecule has 2 aromatic heterocycles. The molecule has 0 saturated carbocycles. The number of furan rings is 1. The molecule has 0 unspecified atom stereocenters. The summed E-state index contributed by atoms with van der Waals surface area (Å²) in [5.41, 5.74) is 0.569. The van der Waals surface area contributed by atoms with Crippen LogP contribution in [0.15, 0.2) is 47.0 Å².